The summed E-state index contributed by atoms with van der Waals surface area (Å²) in [7, 11) is -2.91. The van der Waals surface area contributed by atoms with Crippen molar-refractivity contribution in [2.75, 3.05) is 17.3 Å². The van der Waals surface area contributed by atoms with Crippen LogP contribution < -0.4 is 5.32 Å². The van der Waals surface area contributed by atoms with Crippen LogP contribution in [0.4, 0.5) is 0 Å². The Morgan fingerprint density at radius 3 is 2.88 bits per heavy atom. The number of carbonyl (C=O) groups is 1. The number of thioether (sulfide) groups is 1. The Morgan fingerprint density at radius 1 is 1.35 bits per heavy atom. The number of sulfone groups is 1. The van der Waals surface area contributed by atoms with Gasteiger partial charge in [0.25, 0.3) is 5.22 Å². The Kier molecular flexibility index (Phi) is 5.98. The maximum atomic E-state index is 12.0. The molecule has 1 aromatic heterocycles. The van der Waals surface area contributed by atoms with Crippen molar-refractivity contribution in [3.63, 3.8) is 0 Å². The van der Waals surface area contributed by atoms with Gasteiger partial charge in [-0.1, -0.05) is 36.0 Å². The highest BCUT2D eigenvalue weighted by Crippen LogP contribution is 2.23. The lowest BCUT2D eigenvalue weighted by Gasteiger charge is -2.06. The van der Waals surface area contributed by atoms with Gasteiger partial charge < -0.3 is 9.73 Å². The van der Waals surface area contributed by atoms with Crippen LogP contribution in [-0.2, 0) is 27.6 Å². The fourth-order valence-corrected chi connectivity index (χ4v) is 5.31. The minimum atomic E-state index is -2.91. The molecular weight excluding hydrogens is 374 g/mol. The third kappa shape index (κ3) is 5.31. The van der Waals surface area contributed by atoms with E-state index in [1.165, 1.54) is 11.8 Å². The molecule has 2 heterocycles. The topological polar surface area (TPSA) is 102 Å². The maximum Gasteiger partial charge on any atom is 0.277 e. The third-order valence-corrected chi connectivity index (χ3v) is 6.96. The highest BCUT2D eigenvalue weighted by molar-refractivity contribution is 7.99. The van der Waals surface area contributed by atoms with E-state index in [1.54, 1.807) is 0 Å². The van der Waals surface area contributed by atoms with Gasteiger partial charge in [0.05, 0.1) is 17.3 Å². The van der Waals surface area contributed by atoms with Crippen LogP contribution >= 0.6 is 11.8 Å². The van der Waals surface area contributed by atoms with Gasteiger partial charge in [-0.3, -0.25) is 4.79 Å². The van der Waals surface area contributed by atoms with Crippen LogP contribution in [0.25, 0.3) is 0 Å². The van der Waals surface area contributed by atoms with Crippen LogP contribution in [0.15, 0.2) is 33.9 Å². The van der Waals surface area contributed by atoms with Crippen molar-refractivity contribution >= 4 is 27.5 Å². The van der Waals surface area contributed by atoms with E-state index in [0.717, 1.165) is 11.1 Å². The first kappa shape index (κ1) is 18.9. The normalized spacial score (nSPS) is 18.7. The zero-order valence-corrected chi connectivity index (χ0v) is 16.1. The summed E-state index contributed by atoms with van der Waals surface area (Å²) in [5.41, 5.74) is 2.22. The summed E-state index contributed by atoms with van der Waals surface area (Å²) < 4.78 is 28.5. The lowest BCUT2D eigenvalue weighted by molar-refractivity contribution is -0.118. The number of aryl methyl sites for hydroxylation is 1. The number of nitrogens with zero attached hydrogens (tertiary/aromatic N) is 2. The van der Waals surface area contributed by atoms with Crippen LogP contribution in [0.5, 0.6) is 0 Å². The molecule has 3 rings (SSSR count). The lowest BCUT2D eigenvalue weighted by Crippen LogP contribution is -2.24. The van der Waals surface area contributed by atoms with Gasteiger partial charge in [0.1, 0.15) is 0 Å². The van der Waals surface area contributed by atoms with Crippen LogP contribution in [0.3, 0.4) is 0 Å². The predicted octanol–water partition coefficient (Wildman–Crippen LogP) is 1.76. The number of aromatic nitrogens is 2. The van der Waals surface area contributed by atoms with E-state index in [-0.39, 0.29) is 29.1 Å². The van der Waals surface area contributed by atoms with Gasteiger partial charge >= 0.3 is 0 Å². The van der Waals surface area contributed by atoms with Crippen molar-refractivity contribution in [3.05, 3.63) is 41.3 Å². The molecule has 1 aliphatic heterocycles. The number of amides is 1. The van der Waals surface area contributed by atoms with Crippen LogP contribution in [0, 0.1) is 12.8 Å². The van der Waals surface area contributed by atoms with Crippen molar-refractivity contribution in [1.29, 1.82) is 0 Å². The molecule has 1 amide bonds. The molecule has 1 aliphatic rings. The second kappa shape index (κ2) is 8.22. The largest absolute Gasteiger partial charge is 0.416 e. The van der Waals surface area contributed by atoms with Crippen LogP contribution in [-0.4, -0.2) is 41.8 Å². The van der Waals surface area contributed by atoms with Crippen molar-refractivity contribution < 1.29 is 17.6 Å². The van der Waals surface area contributed by atoms with Crippen molar-refractivity contribution in [2.24, 2.45) is 5.92 Å². The van der Waals surface area contributed by atoms with Gasteiger partial charge in [-0.2, -0.15) is 0 Å². The van der Waals surface area contributed by atoms with Gasteiger partial charge in [-0.25, -0.2) is 8.42 Å². The van der Waals surface area contributed by atoms with Gasteiger partial charge in [-0.05, 0) is 30.4 Å². The quantitative estimate of drug-likeness (QED) is 0.713. The molecule has 9 heteroatoms. The fourth-order valence-electron chi connectivity index (χ4n) is 2.84. The molecule has 1 atom stereocenters. The van der Waals surface area contributed by atoms with Crippen molar-refractivity contribution in [1.82, 2.24) is 15.5 Å². The third-order valence-electron chi connectivity index (χ3n) is 4.30. The Labute approximate surface area is 156 Å². The number of carbonyl (C=O) groups excluding carboxylic acids is 1. The van der Waals surface area contributed by atoms with E-state index in [2.05, 4.69) is 15.5 Å². The molecule has 1 aromatic carbocycles. The number of benzene rings is 1. The monoisotopic (exact) mass is 395 g/mol. The average Bonchev–Trinajstić information content (AvgIpc) is 3.18. The van der Waals surface area contributed by atoms with Crippen LogP contribution in [0.2, 0.25) is 0 Å². The molecule has 0 bridgehead atoms. The SMILES string of the molecule is Cc1ccccc1CNC(=O)CSc1nnc(C[C@H]2CCS(=O)(=O)C2)o1. The second-order valence-electron chi connectivity index (χ2n) is 6.43. The van der Waals surface area contributed by atoms with E-state index in [9.17, 15) is 13.2 Å². The molecule has 0 radical (unpaired) electrons. The van der Waals surface area contributed by atoms with Crippen molar-refractivity contribution in [2.45, 2.75) is 31.5 Å². The number of nitrogens with one attached hydrogen (secondary N) is 1. The van der Waals surface area contributed by atoms with E-state index in [4.69, 9.17) is 4.42 Å². The Morgan fingerprint density at radius 2 is 2.15 bits per heavy atom. The zero-order valence-electron chi connectivity index (χ0n) is 14.5. The summed E-state index contributed by atoms with van der Waals surface area (Å²) in [5.74, 6) is 0.949. The Bertz CT molecular complexity index is 880. The summed E-state index contributed by atoms with van der Waals surface area (Å²) in [5, 5.41) is 11.1. The summed E-state index contributed by atoms with van der Waals surface area (Å²) in [6.45, 7) is 2.49. The van der Waals surface area contributed by atoms with E-state index in [0.29, 0.717) is 30.5 Å². The minimum Gasteiger partial charge on any atom is -0.416 e. The summed E-state index contributed by atoms with van der Waals surface area (Å²) in [4.78, 5) is 12.0. The zero-order chi connectivity index (χ0) is 18.6. The minimum absolute atomic E-state index is 0.0377. The molecular formula is C17H21N3O4S2. The highest BCUT2D eigenvalue weighted by Gasteiger charge is 2.29. The highest BCUT2D eigenvalue weighted by atomic mass is 32.2. The molecule has 2 aromatic rings. The Balaban J connectivity index is 1.43. The first-order chi connectivity index (χ1) is 12.4. The molecule has 7 nitrogen and oxygen atoms in total. The number of hydrogen-bond acceptors (Lipinski definition) is 7. The maximum absolute atomic E-state index is 12.0. The lowest BCUT2D eigenvalue weighted by atomic mass is 10.1. The first-order valence-corrected chi connectivity index (χ1v) is 11.2. The molecule has 1 fully saturated rings. The standard InChI is InChI=1S/C17H21N3O4S2/c1-12-4-2-3-5-14(12)9-18-15(21)10-25-17-20-19-16(24-17)8-13-6-7-26(22,23)11-13/h2-5,13H,6-11H2,1H3,(H,18,21)/t13-/m1/s1. The number of rotatable bonds is 7. The molecule has 26 heavy (non-hydrogen) atoms. The van der Waals surface area contributed by atoms with Gasteiger partial charge in [0, 0.05) is 13.0 Å². The molecule has 0 saturated carbocycles. The summed E-state index contributed by atoms with van der Waals surface area (Å²) >= 11 is 1.18. The summed E-state index contributed by atoms with van der Waals surface area (Å²) in [6.07, 6.45) is 1.10. The van der Waals surface area contributed by atoms with Crippen molar-refractivity contribution in [3.8, 4) is 0 Å². The molecule has 1 saturated heterocycles. The van der Waals surface area contributed by atoms with Gasteiger partial charge in [-0.15, -0.1) is 10.2 Å². The van der Waals surface area contributed by atoms with Gasteiger partial charge in [0.15, 0.2) is 9.84 Å². The smallest absolute Gasteiger partial charge is 0.277 e. The average molecular weight is 396 g/mol. The van der Waals surface area contributed by atoms with Crippen LogP contribution in [0.1, 0.15) is 23.4 Å². The fraction of sp³-hybridized carbons (Fsp3) is 0.471. The predicted molar refractivity (Wildman–Crippen MR) is 98.5 cm³/mol. The Hall–Kier alpha value is -1.87. The molecule has 0 unspecified atom stereocenters. The van der Waals surface area contributed by atoms with Gasteiger partial charge in [0.2, 0.25) is 11.8 Å². The van der Waals surface area contributed by atoms with E-state index < -0.39 is 9.84 Å². The number of hydrogen-bond donors (Lipinski definition) is 1. The van der Waals surface area contributed by atoms with E-state index >= 15 is 0 Å². The second-order valence-corrected chi connectivity index (χ2v) is 9.58. The molecule has 1 N–H and O–H groups in total. The molecule has 140 valence electrons. The molecule has 0 spiro atoms. The molecule has 0 aliphatic carbocycles. The summed E-state index contributed by atoms with van der Waals surface area (Å²) in [6, 6.07) is 7.89. The van der Waals surface area contributed by atoms with E-state index in [1.807, 2.05) is 31.2 Å². The first-order valence-electron chi connectivity index (χ1n) is 8.38.